The molecule has 10 nitrogen and oxygen atoms in total. The lowest BCUT2D eigenvalue weighted by atomic mass is 9.98. The predicted molar refractivity (Wildman–Crippen MR) is 123 cm³/mol. The maximum atomic E-state index is 10.4. The van der Waals surface area contributed by atoms with Crippen molar-refractivity contribution in [3.63, 3.8) is 0 Å². The average molecular weight is 466 g/mol. The molecular weight excluding hydrogens is 438 g/mol. The summed E-state index contributed by atoms with van der Waals surface area (Å²) in [4.78, 5) is 9.17. The van der Waals surface area contributed by atoms with Crippen LogP contribution in [-0.4, -0.2) is 65.4 Å². The van der Waals surface area contributed by atoms with Crippen molar-refractivity contribution in [1.82, 2.24) is 14.5 Å². The lowest BCUT2D eigenvalue weighted by molar-refractivity contribution is -0.0795. The highest BCUT2D eigenvalue weighted by Crippen LogP contribution is 2.34. The molecule has 0 amide bonds. The van der Waals surface area contributed by atoms with Crippen LogP contribution >= 0.6 is 0 Å². The van der Waals surface area contributed by atoms with Crippen LogP contribution in [0.2, 0.25) is 0 Å². The molecule has 0 radical (unpaired) electrons. The van der Waals surface area contributed by atoms with Gasteiger partial charge >= 0.3 is 0 Å². The summed E-state index contributed by atoms with van der Waals surface area (Å²) in [7, 11) is 1.64. The molecule has 0 spiro atoms. The Morgan fingerprint density at radius 2 is 2.00 bits per heavy atom. The van der Waals surface area contributed by atoms with Gasteiger partial charge in [-0.05, 0) is 37.6 Å². The molecule has 0 unspecified atom stereocenters. The first-order chi connectivity index (χ1) is 16.4. The van der Waals surface area contributed by atoms with Gasteiger partial charge in [0.1, 0.15) is 35.4 Å². The summed E-state index contributed by atoms with van der Waals surface area (Å²) < 4.78 is 24.4. The second-order valence-corrected chi connectivity index (χ2v) is 9.04. The molecule has 10 heteroatoms. The van der Waals surface area contributed by atoms with Crippen LogP contribution in [0.3, 0.4) is 0 Å². The standard InChI is InChI=1S/C24H27N5O5/c1-24(2,30)15-4-5-18(20(7-15)34-17-10-32-11-17)27-23-26-9-14-6-16(8-25)29(22(14)28-23)19-12-33-13-21(19)31-3/h4-7,9,17,19,21,30H,10-13H2,1-3H3,(H,26,27,28)/t19-,21-/m0/s1. The van der Waals surface area contributed by atoms with Gasteiger partial charge in [-0.25, -0.2) is 4.98 Å². The molecule has 2 atom stereocenters. The Balaban J connectivity index is 1.52. The molecule has 1 aromatic carbocycles. The van der Waals surface area contributed by atoms with Gasteiger partial charge in [0.15, 0.2) is 0 Å². The molecule has 2 aliphatic rings. The maximum Gasteiger partial charge on any atom is 0.229 e. The number of methoxy groups -OCH3 is 1. The van der Waals surface area contributed by atoms with Gasteiger partial charge in [0.25, 0.3) is 0 Å². The van der Waals surface area contributed by atoms with Gasteiger partial charge in [-0.2, -0.15) is 10.2 Å². The van der Waals surface area contributed by atoms with E-state index in [4.69, 9.17) is 23.9 Å². The number of ether oxygens (including phenoxy) is 4. The molecule has 2 saturated heterocycles. The Morgan fingerprint density at radius 3 is 2.68 bits per heavy atom. The van der Waals surface area contributed by atoms with E-state index >= 15 is 0 Å². The van der Waals surface area contributed by atoms with E-state index < -0.39 is 5.60 Å². The van der Waals surface area contributed by atoms with E-state index in [-0.39, 0.29) is 18.2 Å². The van der Waals surface area contributed by atoms with Crippen molar-refractivity contribution < 1.29 is 24.1 Å². The van der Waals surface area contributed by atoms with Crippen LogP contribution in [-0.2, 0) is 19.8 Å². The van der Waals surface area contributed by atoms with Gasteiger partial charge in [-0.15, -0.1) is 0 Å². The molecule has 4 heterocycles. The highest BCUT2D eigenvalue weighted by molar-refractivity contribution is 5.80. The Kier molecular flexibility index (Phi) is 5.87. The van der Waals surface area contributed by atoms with E-state index in [2.05, 4.69) is 16.4 Å². The molecule has 2 N–H and O–H groups in total. The van der Waals surface area contributed by atoms with Crippen molar-refractivity contribution in [2.75, 3.05) is 38.9 Å². The Labute approximate surface area is 197 Å². The third-order valence-electron chi connectivity index (χ3n) is 6.16. The van der Waals surface area contributed by atoms with Crippen molar-refractivity contribution in [3.05, 3.63) is 41.7 Å². The largest absolute Gasteiger partial charge is 0.483 e. The number of hydrogen-bond donors (Lipinski definition) is 2. The quantitative estimate of drug-likeness (QED) is 0.542. The lowest BCUT2D eigenvalue weighted by Crippen LogP contribution is -2.38. The summed E-state index contributed by atoms with van der Waals surface area (Å²) in [5.41, 5.74) is 1.47. The van der Waals surface area contributed by atoms with E-state index in [0.29, 0.717) is 55.2 Å². The lowest BCUT2D eigenvalue weighted by Gasteiger charge is -2.29. The minimum absolute atomic E-state index is 0.0511. The van der Waals surface area contributed by atoms with Gasteiger partial charge < -0.3 is 33.9 Å². The Hall–Kier alpha value is -3.23. The fourth-order valence-corrected chi connectivity index (χ4v) is 4.16. The summed E-state index contributed by atoms with van der Waals surface area (Å²) in [5, 5.41) is 24.2. The first-order valence-corrected chi connectivity index (χ1v) is 11.1. The molecule has 0 bridgehead atoms. The van der Waals surface area contributed by atoms with Gasteiger partial charge in [-0.3, -0.25) is 0 Å². The smallest absolute Gasteiger partial charge is 0.229 e. The zero-order chi connectivity index (χ0) is 23.9. The van der Waals surface area contributed by atoms with Crippen molar-refractivity contribution in [1.29, 1.82) is 5.26 Å². The number of rotatable bonds is 7. The molecular formula is C24H27N5O5. The van der Waals surface area contributed by atoms with E-state index in [1.165, 1.54) is 0 Å². The molecule has 0 aliphatic carbocycles. The van der Waals surface area contributed by atoms with Crippen molar-refractivity contribution >= 4 is 22.7 Å². The van der Waals surface area contributed by atoms with E-state index in [1.807, 2.05) is 22.8 Å². The fraction of sp³-hybridized carbons (Fsp3) is 0.458. The number of aliphatic hydroxyl groups is 1. The van der Waals surface area contributed by atoms with Gasteiger partial charge in [-0.1, -0.05) is 6.07 Å². The van der Waals surface area contributed by atoms with E-state index in [1.54, 1.807) is 33.2 Å². The first kappa shape index (κ1) is 22.6. The van der Waals surface area contributed by atoms with Crippen LogP contribution in [0.5, 0.6) is 5.75 Å². The Bertz CT molecular complexity index is 1240. The number of nitrogens with one attached hydrogen (secondary N) is 1. The molecule has 2 aromatic heterocycles. The highest BCUT2D eigenvalue weighted by atomic mass is 16.6. The SMILES string of the molecule is CO[C@H]1COC[C@@H]1n1c(C#N)cc2cnc(Nc3ccc(C(C)(C)O)cc3OC3COC3)nc21. The van der Waals surface area contributed by atoms with Crippen LogP contribution < -0.4 is 10.1 Å². The van der Waals surface area contributed by atoms with Crippen LogP contribution in [0.4, 0.5) is 11.6 Å². The summed E-state index contributed by atoms with van der Waals surface area (Å²) in [5.74, 6) is 0.934. The number of nitrogens with zero attached hydrogens (tertiary/aromatic N) is 4. The highest BCUT2D eigenvalue weighted by Gasteiger charge is 2.33. The van der Waals surface area contributed by atoms with Crippen molar-refractivity contribution in [2.45, 2.75) is 37.7 Å². The summed E-state index contributed by atoms with van der Waals surface area (Å²) >= 11 is 0. The average Bonchev–Trinajstić information content (AvgIpc) is 3.39. The fourth-order valence-electron chi connectivity index (χ4n) is 4.16. The van der Waals surface area contributed by atoms with Crippen LogP contribution in [0.1, 0.15) is 31.1 Å². The van der Waals surface area contributed by atoms with Crippen molar-refractivity contribution in [2.24, 2.45) is 0 Å². The maximum absolute atomic E-state index is 10.4. The minimum atomic E-state index is -1.02. The van der Waals surface area contributed by atoms with Gasteiger partial charge in [0.2, 0.25) is 5.95 Å². The summed E-state index contributed by atoms with van der Waals surface area (Å²) in [6, 6.07) is 9.34. The molecule has 2 aliphatic heterocycles. The van der Waals surface area contributed by atoms with Gasteiger partial charge in [0, 0.05) is 18.7 Å². The van der Waals surface area contributed by atoms with Crippen molar-refractivity contribution in [3.8, 4) is 11.8 Å². The number of hydrogen-bond acceptors (Lipinski definition) is 9. The predicted octanol–water partition coefficient (Wildman–Crippen LogP) is 2.64. The van der Waals surface area contributed by atoms with E-state index in [9.17, 15) is 10.4 Å². The summed E-state index contributed by atoms with van der Waals surface area (Å²) in [6.07, 6.45) is 1.46. The van der Waals surface area contributed by atoms with Crippen LogP contribution in [0.25, 0.3) is 11.0 Å². The number of aromatic nitrogens is 3. The zero-order valence-electron chi connectivity index (χ0n) is 19.3. The molecule has 5 rings (SSSR count). The number of fused-ring (bicyclic) bond motifs is 1. The number of anilines is 2. The number of nitriles is 1. The minimum Gasteiger partial charge on any atom is -0.483 e. The van der Waals surface area contributed by atoms with Crippen LogP contribution in [0, 0.1) is 11.3 Å². The topological polar surface area (TPSA) is 124 Å². The molecule has 2 fully saturated rings. The second kappa shape index (κ2) is 8.85. The third-order valence-corrected chi connectivity index (χ3v) is 6.16. The number of benzene rings is 1. The monoisotopic (exact) mass is 465 g/mol. The molecule has 0 saturated carbocycles. The molecule has 178 valence electrons. The normalized spacial score (nSPS) is 20.8. The summed E-state index contributed by atoms with van der Waals surface area (Å²) in [6.45, 7) is 5.38. The second-order valence-electron chi connectivity index (χ2n) is 9.04. The van der Waals surface area contributed by atoms with Gasteiger partial charge in [0.05, 0.1) is 43.8 Å². The first-order valence-electron chi connectivity index (χ1n) is 11.1. The third kappa shape index (κ3) is 4.19. The van der Waals surface area contributed by atoms with E-state index in [0.717, 1.165) is 10.9 Å². The Morgan fingerprint density at radius 1 is 1.21 bits per heavy atom. The zero-order valence-corrected chi connectivity index (χ0v) is 19.3. The molecule has 34 heavy (non-hydrogen) atoms. The van der Waals surface area contributed by atoms with Crippen LogP contribution in [0.15, 0.2) is 30.5 Å². The molecule has 3 aromatic rings.